The van der Waals surface area contributed by atoms with Gasteiger partial charge in [0.1, 0.15) is 0 Å². The SMILES string of the molecule is O=C(Nc1ccc(N2CCC(Cc3ccccc3)CC2)c(C(=O)NCCCN2CCOCC2)c1)Nc1ccc(Cl)cc1Cl. The van der Waals surface area contributed by atoms with Gasteiger partial charge in [0.2, 0.25) is 0 Å². The number of nitrogens with zero attached hydrogens (tertiary/aromatic N) is 2. The number of amides is 3. The molecule has 8 nitrogen and oxygen atoms in total. The summed E-state index contributed by atoms with van der Waals surface area (Å²) in [7, 11) is 0. The van der Waals surface area contributed by atoms with Crippen molar-refractivity contribution >= 4 is 52.2 Å². The van der Waals surface area contributed by atoms with Crippen molar-refractivity contribution in [3.8, 4) is 0 Å². The predicted octanol–water partition coefficient (Wildman–Crippen LogP) is 6.55. The molecule has 228 valence electrons. The largest absolute Gasteiger partial charge is 0.379 e. The van der Waals surface area contributed by atoms with Crippen LogP contribution in [0.1, 0.15) is 35.2 Å². The van der Waals surface area contributed by atoms with Crippen LogP contribution in [-0.4, -0.2) is 69.3 Å². The molecule has 3 N–H and O–H groups in total. The van der Waals surface area contributed by atoms with Crippen molar-refractivity contribution in [3.63, 3.8) is 0 Å². The van der Waals surface area contributed by atoms with E-state index in [4.69, 9.17) is 27.9 Å². The summed E-state index contributed by atoms with van der Waals surface area (Å²) >= 11 is 12.2. The topological polar surface area (TPSA) is 85.9 Å². The van der Waals surface area contributed by atoms with Gasteiger partial charge in [0, 0.05) is 49.1 Å². The van der Waals surface area contributed by atoms with Crippen LogP contribution in [0.4, 0.5) is 21.9 Å². The molecule has 3 aromatic carbocycles. The average molecular weight is 625 g/mol. The second-order valence-electron chi connectivity index (χ2n) is 11.1. The van der Waals surface area contributed by atoms with Crippen LogP contribution in [0.25, 0.3) is 0 Å². The molecule has 0 unspecified atom stereocenters. The molecule has 0 spiro atoms. The Morgan fingerprint density at radius 3 is 2.40 bits per heavy atom. The molecular weight excluding hydrogens is 585 g/mol. The van der Waals surface area contributed by atoms with Crippen LogP contribution in [-0.2, 0) is 11.2 Å². The third-order valence-electron chi connectivity index (χ3n) is 8.04. The third-order valence-corrected chi connectivity index (χ3v) is 8.59. The van der Waals surface area contributed by atoms with E-state index in [2.05, 4.69) is 56.1 Å². The number of morpholine rings is 1. The third kappa shape index (κ3) is 9.10. The monoisotopic (exact) mass is 623 g/mol. The fourth-order valence-corrected chi connectivity index (χ4v) is 6.15. The normalized spacial score (nSPS) is 16.1. The molecule has 5 rings (SSSR count). The van der Waals surface area contributed by atoms with Crippen LogP contribution in [0.3, 0.4) is 0 Å². The first kappa shape index (κ1) is 31.1. The first-order valence-electron chi connectivity index (χ1n) is 15.0. The molecule has 10 heteroatoms. The van der Waals surface area contributed by atoms with Crippen LogP contribution >= 0.6 is 23.2 Å². The maximum absolute atomic E-state index is 13.5. The first-order chi connectivity index (χ1) is 20.9. The van der Waals surface area contributed by atoms with Crippen molar-refractivity contribution < 1.29 is 14.3 Å². The van der Waals surface area contributed by atoms with Crippen LogP contribution in [0, 0.1) is 5.92 Å². The number of hydrogen-bond donors (Lipinski definition) is 3. The lowest BCUT2D eigenvalue weighted by molar-refractivity contribution is 0.0374. The van der Waals surface area contributed by atoms with Crippen molar-refractivity contribution in [2.45, 2.75) is 25.7 Å². The fraction of sp³-hybridized carbons (Fsp3) is 0.394. The van der Waals surface area contributed by atoms with Crippen molar-refractivity contribution in [3.05, 3.63) is 87.9 Å². The van der Waals surface area contributed by atoms with Gasteiger partial charge in [-0.2, -0.15) is 0 Å². The second kappa shape index (κ2) is 15.4. The minimum Gasteiger partial charge on any atom is -0.379 e. The highest BCUT2D eigenvalue weighted by Gasteiger charge is 2.24. The maximum Gasteiger partial charge on any atom is 0.323 e. The van der Waals surface area contributed by atoms with E-state index in [1.807, 2.05) is 12.1 Å². The molecule has 0 atom stereocenters. The van der Waals surface area contributed by atoms with Gasteiger partial charge in [-0.05, 0) is 80.1 Å². The molecule has 2 saturated heterocycles. The molecule has 0 bridgehead atoms. The Balaban J connectivity index is 1.24. The van der Waals surface area contributed by atoms with E-state index in [1.165, 1.54) is 5.56 Å². The van der Waals surface area contributed by atoms with E-state index in [-0.39, 0.29) is 5.91 Å². The molecule has 2 heterocycles. The molecular formula is C33H39Cl2N5O3. The number of urea groups is 1. The Morgan fingerprint density at radius 1 is 0.884 bits per heavy atom. The molecule has 0 aromatic heterocycles. The van der Waals surface area contributed by atoms with Gasteiger partial charge in [-0.1, -0.05) is 53.5 Å². The number of piperidine rings is 1. The number of nitrogens with one attached hydrogen (secondary N) is 3. The van der Waals surface area contributed by atoms with Gasteiger partial charge < -0.3 is 25.6 Å². The standard InChI is InChI=1S/C33H39Cl2N5O3/c34-26-7-9-30(29(35)22-26)38-33(42)37-27-8-10-31(40-15-11-25(12-16-40)21-24-5-2-1-3-6-24)28(23-27)32(41)36-13-4-14-39-17-19-43-20-18-39/h1-3,5-10,22-23,25H,4,11-21H2,(H,36,41)(H2,37,38,42). The van der Waals surface area contributed by atoms with Gasteiger partial charge in [0.25, 0.3) is 5.91 Å². The zero-order valence-corrected chi connectivity index (χ0v) is 25.8. The molecule has 3 aromatic rings. The van der Waals surface area contributed by atoms with E-state index < -0.39 is 6.03 Å². The summed E-state index contributed by atoms with van der Waals surface area (Å²) in [6.45, 7) is 6.60. The zero-order chi connectivity index (χ0) is 30.0. The number of ether oxygens (including phenoxy) is 1. The number of benzene rings is 3. The highest BCUT2D eigenvalue weighted by molar-refractivity contribution is 6.36. The number of carbonyl (C=O) groups excluding carboxylic acids is 2. The minimum absolute atomic E-state index is 0.145. The zero-order valence-electron chi connectivity index (χ0n) is 24.3. The number of anilines is 3. The summed E-state index contributed by atoms with van der Waals surface area (Å²) in [4.78, 5) is 31.0. The Kier molecular flexibility index (Phi) is 11.2. The predicted molar refractivity (Wildman–Crippen MR) is 175 cm³/mol. The highest BCUT2D eigenvalue weighted by atomic mass is 35.5. The van der Waals surface area contributed by atoms with Crippen LogP contribution in [0.15, 0.2) is 66.7 Å². The van der Waals surface area contributed by atoms with Crippen molar-refractivity contribution in [2.24, 2.45) is 5.92 Å². The quantitative estimate of drug-likeness (QED) is 0.223. The highest BCUT2D eigenvalue weighted by Crippen LogP contribution is 2.31. The lowest BCUT2D eigenvalue weighted by atomic mass is 9.89. The van der Waals surface area contributed by atoms with Gasteiger partial charge >= 0.3 is 6.03 Å². The summed E-state index contributed by atoms with van der Waals surface area (Å²) in [5, 5.41) is 9.52. The molecule has 2 aliphatic rings. The van der Waals surface area contributed by atoms with Gasteiger partial charge in [-0.25, -0.2) is 4.79 Å². The second-order valence-corrected chi connectivity index (χ2v) is 12.0. The molecule has 2 aliphatic heterocycles. The van der Waals surface area contributed by atoms with Gasteiger partial charge in [-0.3, -0.25) is 9.69 Å². The van der Waals surface area contributed by atoms with Crippen LogP contribution in [0.5, 0.6) is 0 Å². The van der Waals surface area contributed by atoms with E-state index in [0.29, 0.717) is 39.4 Å². The number of halogens is 2. The Labute approximate surface area is 263 Å². The number of rotatable bonds is 10. The summed E-state index contributed by atoms with van der Waals surface area (Å²) in [6, 6.07) is 20.6. The van der Waals surface area contributed by atoms with Crippen molar-refractivity contribution in [2.75, 3.05) is 68.0 Å². The molecule has 0 aliphatic carbocycles. The Bertz CT molecular complexity index is 1380. The molecule has 0 radical (unpaired) electrons. The molecule has 43 heavy (non-hydrogen) atoms. The van der Waals surface area contributed by atoms with E-state index in [0.717, 1.165) is 77.3 Å². The average Bonchev–Trinajstić information content (AvgIpc) is 3.02. The minimum atomic E-state index is -0.462. The summed E-state index contributed by atoms with van der Waals surface area (Å²) in [5.74, 6) is 0.466. The number of hydrogen-bond acceptors (Lipinski definition) is 5. The van der Waals surface area contributed by atoms with Crippen molar-refractivity contribution in [1.82, 2.24) is 10.2 Å². The van der Waals surface area contributed by atoms with Crippen LogP contribution in [0.2, 0.25) is 10.0 Å². The maximum atomic E-state index is 13.5. The smallest absolute Gasteiger partial charge is 0.323 e. The lowest BCUT2D eigenvalue weighted by Gasteiger charge is -2.35. The Morgan fingerprint density at radius 2 is 1.65 bits per heavy atom. The van der Waals surface area contributed by atoms with E-state index in [1.54, 1.807) is 24.3 Å². The Hall–Kier alpha value is -3.30. The summed E-state index contributed by atoms with van der Waals surface area (Å²) < 4.78 is 5.43. The number of carbonyl (C=O) groups is 2. The van der Waals surface area contributed by atoms with E-state index in [9.17, 15) is 9.59 Å². The van der Waals surface area contributed by atoms with Gasteiger partial charge in [0.15, 0.2) is 0 Å². The van der Waals surface area contributed by atoms with Gasteiger partial charge in [0.05, 0.1) is 29.5 Å². The molecule has 0 saturated carbocycles. The first-order valence-corrected chi connectivity index (χ1v) is 15.7. The van der Waals surface area contributed by atoms with Crippen LogP contribution < -0.4 is 20.9 Å². The lowest BCUT2D eigenvalue weighted by Crippen LogP contribution is -2.38. The fourth-order valence-electron chi connectivity index (χ4n) is 5.70. The van der Waals surface area contributed by atoms with E-state index >= 15 is 0 Å². The van der Waals surface area contributed by atoms with Gasteiger partial charge in [-0.15, -0.1) is 0 Å². The van der Waals surface area contributed by atoms with Crippen molar-refractivity contribution in [1.29, 1.82) is 0 Å². The molecule has 2 fully saturated rings. The summed E-state index contributed by atoms with van der Waals surface area (Å²) in [5.41, 5.74) is 3.76. The molecule has 3 amide bonds. The summed E-state index contributed by atoms with van der Waals surface area (Å²) in [6.07, 6.45) is 4.04.